The van der Waals surface area contributed by atoms with Gasteiger partial charge in [0, 0.05) is 24.9 Å². The van der Waals surface area contributed by atoms with Crippen molar-refractivity contribution in [3.63, 3.8) is 0 Å². The molecule has 0 spiro atoms. The van der Waals surface area contributed by atoms with Gasteiger partial charge in [0.25, 0.3) is 0 Å². The number of rotatable bonds is 4. The highest BCUT2D eigenvalue weighted by atomic mass is 16.6. The van der Waals surface area contributed by atoms with Crippen molar-refractivity contribution >= 4 is 5.97 Å². The monoisotopic (exact) mass is 266 g/mol. The molecule has 4 rings (SSSR count). The van der Waals surface area contributed by atoms with Gasteiger partial charge in [-0.05, 0) is 6.42 Å². The molecule has 0 aliphatic carbocycles. The van der Waals surface area contributed by atoms with Crippen LogP contribution in [0.4, 0.5) is 0 Å². The largest absolute Gasteiger partial charge is 0.465 e. The number of hydrogen-bond donors (Lipinski definition) is 1. The summed E-state index contributed by atoms with van der Waals surface area (Å²) in [5, 5.41) is 8.70. The number of carbonyl (C=O) groups excluding carboxylic acids is 1. The highest BCUT2D eigenvalue weighted by molar-refractivity contribution is 5.74. The lowest BCUT2D eigenvalue weighted by Gasteiger charge is -2.30. The smallest absolute Gasteiger partial charge is 0.311 e. The second kappa shape index (κ2) is 4.30. The van der Waals surface area contributed by atoms with Crippen LogP contribution in [0, 0.1) is 17.8 Å². The van der Waals surface area contributed by atoms with Crippen molar-refractivity contribution < 1.29 is 24.1 Å². The van der Waals surface area contributed by atoms with Crippen LogP contribution in [0.25, 0.3) is 0 Å². The van der Waals surface area contributed by atoms with Crippen molar-refractivity contribution in [2.24, 2.45) is 17.8 Å². The van der Waals surface area contributed by atoms with Gasteiger partial charge in [0.2, 0.25) is 0 Å². The van der Waals surface area contributed by atoms with Gasteiger partial charge in [0.05, 0.1) is 36.9 Å². The predicted octanol–water partition coefficient (Wildman–Crippen LogP) is 0.269. The second-order valence-corrected chi connectivity index (χ2v) is 5.83. The fourth-order valence-corrected chi connectivity index (χ4v) is 4.15. The van der Waals surface area contributed by atoms with Gasteiger partial charge in [-0.25, -0.2) is 0 Å². The van der Waals surface area contributed by atoms with Crippen molar-refractivity contribution in [2.45, 2.75) is 37.3 Å². The summed E-state index contributed by atoms with van der Waals surface area (Å²) < 4.78 is 17.1. The normalized spacial score (nSPS) is 48.8. The minimum absolute atomic E-state index is 0.0448. The van der Waals surface area contributed by atoms with E-state index in [0.717, 1.165) is 6.42 Å². The minimum atomic E-state index is -0.175. The Bertz CT molecular complexity index is 420. The summed E-state index contributed by atoms with van der Waals surface area (Å²) in [5.74, 6) is 0.429. The lowest BCUT2D eigenvalue weighted by molar-refractivity contribution is -0.151. The van der Waals surface area contributed by atoms with Crippen LogP contribution < -0.4 is 0 Å². The first-order valence-electron chi connectivity index (χ1n) is 7.06. The van der Waals surface area contributed by atoms with Crippen molar-refractivity contribution in [1.82, 2.24) is 0 Å². The van der Waals surface area contributed by atoms with E-state index >= 15 is 0 Å². The van der Waals surface area contributed by atoms with Gasteiger partial charge in [-0.3, -0.25) is 4.79 Å². The van der Waals surface area contributed by atoms with E-state index in [1.54, 1.807) is 0 Å². The lowest BCUT2D eigenvalue weighted by Crippen LogP contribution is -2.41. The Kier molecular flexibility index (Phi) is 2.69. The Balaban J connectivity index is 1.45. The summed E-state index contributed by atoms with van der Waals surface area (Å²) in [4.78, 5) is 12.1. The van der Waals surface area contributed by atoms with E-state index in [4.69, 9.17) is 19.3 Å². The first-order chi connectivity index (χ1) is 9.29. The Morgan fingerprint density at radius 1 is 1.26 bits per heavy atom. The van der Waals surface area contributed by atoms with Crippen LogP contribution in [0.5, 0.6) is 0 Å². The SMILES string of the molecule is O=C(OCCCO)C1CC2OC1C1C3C=CC(O3)C21. The molecule has 104 valence electrons. The van der Waals surface area contributed by atoms with Crippen LogP contribution in [-0.2, 0) is 19.0 Å². The van der Waals surface area contributed by atoms with Crippen molar-refractivity contribution in [3.05, 3.63) is 12.2 Å². The summed E-state index contributed by atoms with van der Waals surface area (Å²) in [7, 11) is 0. The molecule has 4 bridgehead atoms. The predicted molar refractivity (Wildman–Crippen MR) is 64.2 cm³/mol. The van der Waals surface area contributed by atoms with Crippen molar-refractivity contribution in [1.29, 1.82) is 0 Å². The summed E-state index contributed by atoms with van der Waals surface area (Å²) in [6.45, 7) is 0.341. The number of fused-ring (bicyclic) bond motifs is 9. The molecule has 0 saturated carbocycles. The third-order valence-corrected chi connectivity index (χ3v) is 4.88. The highest BCUT2D eigenvalue weighted by Crippen LogP contribution is 2.56. The maximum atomic E-state index is 12.1. The van der Waals surface area contributed by atoms with Crippen LogP contribution in [-0.4, -0.2) is 48.7 Å². The first-order valence-corrected chi connectivity index (χ1v) is 7.06. The summed E-state index contributed by atoms with van der Waals surface area (Å²) >= 11 is 0. The minimum Gasteiger partial charge on any atom is -0.465 e. The molecule has 3 fully saturated rings. The van der Waals surface area contributed by atoms with Gasteiger partial charge in [-0.1, -0.05) is 12.2 Å². The number of hydrogen-bond acceptors (Lipinski definition) is 5. The van der Waals surface area contributed by atoms with E-state index in [2.05, 4.69) is 12.2 Å². The highest BCUT2D eigenvalue weighted by Gasteiger charge is 2.65. The van der Waals surface area contributed by atoms with Crippen LogP contribution in [0.15, 0.2) is 12.2 Å². The lowest BCUT2D eigenvalue weighted by atomic mass is 9.69. The fraction of sp³-hybridized carbons (Fsp3) is 0.786. The van der Waals surface area contributed by atoms with Crippen LogP contribution in [0.1, 0.15) is 12.8 Å². The summed E-state index contributed by atoms with van der Waals surface area (Å²) in [5.41, 5.74) is 0. The molecule has 5 nitrogen and oxygen atoms in total. The molecule has 4 heterocycles. The topological polar surface area (TPSA) is 65.0 Å². The first kappa shape index (κ1) is 11.9. The molecule has 3 saturated heterocycles. The van der Waals surface area contributed by atoms with E-state index < -0.39 is 0 Å². The van der Waals surface area contributed by atoms with Gasteiger partial charge in [-0.2, -0.15) is 0 Å². The molecule has 19 heavy (non-hydrogen) atoms. The number of carbonyl (C=O) groups is 1. The Labute approximate surface area is 111 Å². The molecule has 4 aliphatic rings. The van der Waals surface area contributed by atoms with Gasteiger partial charge in [0.15, 0.2) is 0 Å². The average Bonchev–Trinajstić information content (AvgIpc) is 3.16. The van der Waals surface area contributed by atoms with Crippen molar-refractivity contribution in [3.8, 4) is 0 Å². The van der Waals surface area contributed by atoms with Gasteiger partial charge >= 0.3 is 5.97 Å². The van der Waals surface area contributed by atoms with Crippen molar-refractivity contribution in [2.75, 3.05) is 13.2 Å². The molecular weight excluding hydrogens is 248 g/mol. The molecule has 0 radical (unpaired) electrons. The van der Waals surface area contributed by atoms with Gasteiger partial charge in [-0.15, -0.1) is 0 Å². The van der Waals surface area contributed by atoms with E-state index in [0.29, 0.717) is 24.9 Å². The van der Waals surface area contributed by atoms with E-state index in [9.17, 15) is 4.79 Å². The number of esters is 1. The zero-order valence-electron chi connectivity index (χ0n) is 10.6. The Hall–Kier alpha value is -0.910. The molecule has 5 heteroatoms. The molecule has 7 unspecified atom stereocenters. The van der Waals surface area contributed by atoms with E-state index in [1.807, 2.05) is 0 Å². The van der Waals surface area contributed by atoms with Crippen LogP contribution in [0.2, 0.25) is 0 Å². The van der Waals surface area contributed by atoms with Crippen LogP contribution in [0.3, 0.4) is 0 Å². The van der Waals surface area contributed by atoms with E-state index in [1.165, 1.54) is 0 Å². The molecule has 0 aromatic heterocycles. The van der Waals surface area contributed by atoms with Crippen LogP contribution >= 0.6 is 0 Å². The standard InChI is InChI=1S/C14H18O5/c15-4-1-5-17-14(16)7-6-10-11-8-2-3-9(18-8)12(11)13(7)19-10/h2-3,7-13,15H,1,4-6H2. The molecule has 7 atom stereocenters. The number of aliphatic hydroxyl groups excluding tert-OH is 1. The number of aliphatic hydroxyl groups is 1. The molecule has 0 aromatic carbocycles. The molecule has 0 aromatic rings. The maximum Gasteiger partial charge on any atom is 0.311 e. The zero-order chi connectivity index (χ0) is 13.0. The number of ether oxygens (including phenoxy) is 3. The van der Waals surface area contributed by atoms with Gasteiger partial charge in [0.1, 0.15) is 0 Å². The summed E-state index contributed by atoms with van der Waals surface area (Å²) in [6, 6.07) is 0. The molecular formula is C14H18O5. The second-order valence-electron chi connectivity index (χ2n) is 5.83. The molecule has 4 aliphatic heterocycles. The molecule has 1 N–H and O–H groups in total. The molecule has 0 amide bonds. The Morgan fingerprint density at radius 3 is 2.84 bits per heavy atom. The third kappa shape index (κ3) is 1.61. The van der Waals surface area contributed by atoms with E-state index in [-0.39, 0.29) is 42.9 Å². The van der Waals surface area contributed by atoms with Gasteiger partial charge < -0.3 is 19.3 Å². The zero-order valence-corrected chi connectivity index (χ0v) is 10.6. The Morgan fingerprint density at radius 2 is 2.05 bits per heavy atom. The third-order valence-electron chi connectivity index (χ3n) is 4.88. The summed E-state index contributed by atoms with van der Waals surface area (Å²) in [6.07, 6.45) is 5.89. The fourth-order valence-electron chi connectivity index (χ4n) is 4.15. The quantitative estimate of drug-likeness (QED) is 0.449. The average molecular weight is 266 g/mol. The maximum absolute atomic E-state index is 12.1.